The van der Waals surface area contributed by atoms with Crippen LogP contribution in [0.4, 0.5) is 13.2 Å². The minimum absolute atomic E-state index is 0.0247. The quantitative estimate of drug-likeness (QED) is 0.430. The third kappa shape index (κ3) is 6.37. The highest BCUT2D eigenvalue weighted by molar-refractivity contribution is 9.12. The molecule has 2 aromatic rings. The normalized spacial score (nSPS) is 13.7. The number of ether oxygens (including phenoxy) is 1. The number of alkyl halides is 3. The molecule has 2 N–H and O–H groups in total. The molecule has 9 nitrogen and oxygen atoms in total. The number of sulfone groups is 1. The number of benzene rings is 1. The number of allylic oxidation sites excluding steroid dienone is 2. The van der Waals surface area contributed by atoms with Crippen LogP contribution >= 0.6 is 15.9 Å². The lowest BCUT2D eigenvalue weighted by Gasteiger charge is -2.10. The number of halogens is 4. The van der Waals surface area contributed by atoms with Gasteiger partial charge in [0, 0.05) is 11.8 Å². The van der Waals surface area contributed by atoms with Crippen LogP contribution in [0.5, 0.6) is 0 Å². The standard InChI is InChI=1S/C17H16BrF3N4O5S/c1-3-29-11(26)8-23-13(12(18)14(22)17(19,20)21)15-24-16(30-25-15)9-5-4-6-10(7-9)31(2,27)28/h4-7H,3,8,22H2,1-2H3. The molecule has 0 aliphatic heterocycles. The predicted octanol–water partition coefficient (Wildman–Crippen LogP) is 2.62. The van der Waals surface area contributed by atoms with E-state index >= 15 is 0 Å². The summed E-state index contributed by atoms with van der Waals surface area (Å²) >= 11 is 2.73. The van der Waals surface area contributed by atoms with Crippen LogP contribution in [0, 0.1) is 0 Å². The van der Waals surface area contributed by atoms with Gasteiger partial charge < -0.3 is 15.0 Å². The van der Waals surface area contributed by atoms with E-state index in [1.54, 1.807) is 6.92 Å². The molecular formula is C17H16BrF3N4O5S. The van der Waals surface area contributed by atoms with Gasteiger partial charge >= 0.3 is 12.1 Å². The Morgan fingerprint density at radius 3 is 2.61 bits per heavy atom. The molecule has 1 heterocycles. The summed E-state index contributed by atoms with van der Waals surface area (Å²) in [7, 11) is -3.53. The van der Waals surface area contributed by atoms with Gasteiger partial charge in [-0.2, -0.15) is 18.2 Å². The molecule has 0 unspecified atom stereocenters. The highest BCUT2D eigenvalue weighted by Crippen LogP contribution is 2.29. The van der Waals surface area contributed by atoms with Gasteiger partial charge in [-0.1, -0.05) is 11.2 Å². The van der Waals surface area contributed by atoms with Crippen LogP contribution in [0.25, 0.3) is 11.5 Å². The number of hydrogen-bond donors (Lipinski definition) is 1. The molecular weight excluding hydrogens is 509 g/mol. The van der Waals surface area contributed by atoms with Crippen molar-refractivity contribution in [2.75, 3.05) is 19.4 Å². The number of aromatic nitrogens is 2. The minimum atomic E-state index is -4.90. The fraction of sp³-hybridized carbons (Fsp3) is 0.294. The topological polar surface area (TPSA) is 138 Å². The highest BCUT2D eigenvalue weighted by Gasteiger charge is 2.36. The van der Waals surface area contributed by atoms with E-state index in [0.717, 1.165) is 6.26 Å². The molecule has 0 amide bonds. The SMILES string of the molecule is CCOC(=O)CN=C(C(Br)=C(N)C(F)(F)F)c1noc(-c2cccc(S(C)(=O)=O)c2)n1. The van der Waals surface area contributed by atoms with E-state index in [1.807, 2.05) is 0 Å². The zero-order chi connectivity index (χ0) is 23.4. The van der Waals surface area contributed by atoms with Gasteiger partial charge in [0.1, 0.15) is 18.0 Å². The largest absolute Gasteiger partial charge is 0.465 e. The van der Waals surface area contributed by atoms with Crippen molar-refractivity contribution in [3.8, 4) is 11.5 Å². The van der Waals surface area contributed by atoms with Crippen molar-refractivity contribution >= 4 is 37.4 Å². The first-order valence-electron chi connectivity index (χ1n) is 8.42. The van der Waals surface area contributed by atoms with Gasteiger partial charge in [-0.25, -0.2) is 8.42 Å². The average molecular weight is 525 g/mol. The van der Waals surface area contributed by atoms with Crippen molar-refractivity contribution in [3.63, 3.8) is 0 Å². The molecule has 1 aromatic carbocycles. The molecule has 31 heavy (non-hydrogen) atoms. The molecule has 168 valence electrons. The number of nitrogens with zero attached hydrogens (tertiary/aromatic N) is 3. The smallest absolute Gasteiger partial charge is 0.431 e. The van der Waals surface area contributed by atoms with Gasteiger partial charge in [-0.05, 0) is 41.1 Å². The molecule has 0 fully saturated rings. The van der Waals surface area contributed by atoms with Crippen molar-refractivity contribution in [2.45, 2.75) is 18.0 Å². The van der Waals surface area contributed by atoms with E-state index in [0.29, 0.717) is 0 Å². The number of rotatable bonds is 7. The van der Waals surface area contributed by atoms with E-state index in [1.165, 1.54) is 24.3 Å². The first-order valence-corrected chi connectivity index (χ1v) is 11.1. The van der Waals surface area contributed by atoms with Crippen molar-refractivity contribution in [3.05, 3.63) is 40.3 Å². The van der Waals surface area contributed by atoms with Crippen LogP contribution in [0.1, 0.15) is 12.7 Å². The van der Waals surface area contributed by atoms with E-state index < -0.39 is 50.2 Å². The fourth-order valence-electron chi connectivity index (χ4n) is 2.14. The fourth-order valence-corrected chi connectivity index (χ4v) is 3.33. The molecule has 0 saturated carbocycles. The van der Waals surface area contributed by atoms with E-state index in [9.17, 15) is 26.4 Å². The maximum atomic E-state index is 13.0. The lowest BCUT2D eigenvalue weighted by Crippen LogP contribution is -2.24. The molecule has 0 saturated heterocycles. The third-order valence-electron chi connectivity index (χ3n) is 3.57. The number of esters is 1. The molecule has 0 aliphatic rings. The first kappa shape index (κ1) is 24.5. The third-order valence-corrected chi connectivity index (χ3v) is 5.48. The van der Waals surface area contributed by atoms with Gasteiger partial charge in [0.2, 0.25) is 5.82 Å². The summed E-state index contributed by atoms with van der Waals surface area (Å²) in [6, 6.07) is 5.52. The van der Waals surface area contributed by atoms with E-state index in [4.69, 9.17) is 15.0 Å². The summed E-state index contributed by atoms with van der Waals surface area (Å²) in [5.74, 6) is -1.39. The summed E-state index contributed by atoms with van der Waals surface area (Å²) < 4.78 is 71.6. The Morgan fingerprint density at radius 2 is 2.03 bits per heavy atom. The van der Waals surface area contributed by atoms with Crippen molar-refractivity contribution in [1.29, 1.82) is 0 Å². The van der Waals surface area contributed by atoms with Crippen LogP contribution in [0.3, 0.4) is 0 Å². The number of aliphatic imine (C=N–C) groups is 1. The van der Waals surface area contributed by atoms with Gasteiger partial charge in [0.25, 0.3) is 5.89 Å². The zero-order valence-corrected chi connectivity index (χ0v) is 18.5. The van der Waals surface area contributed by atoms with Gasteiger partial charge in [-0.3, -0.25) is 9.79 Å². The van der Waals surface area contributed by atoms with Gasteiger partial charge in [0.05, 0.1) is 16.0 Å². The summed E-state index contributed by atoms with van der Waals surface area (Å²) in [5.41, 5.74) is 3.32. The van der Waals surface area contributed by atoms with Crippen molar-refractivity contribution in [1.82, 2.24) is 10.1 Å². The molecule has 0 radical (unpaired) electrons. The van der Waals surface area contributed by atoms with Crippen LogP contribution < -0.4 is 5.73 Å². The van der Waals surface area contributed by atoms with Crippen molar-refractivity contribution < 1.29 is 35.6 Å². The Bertz CT molecular complexity index is 1140. The number of carbonyl (C=O) groups excluding carboxylic acids is 1. The summed E-state index contributed by atoms with van der Waals surface area (Å²) in [6.07, 6.45) is -3.90. The second kappa shape index (κ2) is 9.60. The highest BCUT2D eigenvalue weighted by atomic mass is 79.9. The Balaban J connectivity index is 2.53. The summed E-state index contributed by atoms with van der Waals surface area (Å²) in [5, 5.41) is 3.59. The predicted molar refractivity (Wildman–Crippen MR) is 107 cm³/mol. The molecule has 1 aromatic heterocycles. The van der Waals surface area contributed by atoms with Crippen LogP contribution in [0.2, 0.25) is 0 Å². The van der Waals surface area contributed by atoms with E-state index in [2.05, 4.69) is 31.1 Å². The summed E-state index contributed by atoms with van der Waals surface area (Å²) in [6.45, 7) is 0.974. The monoisotopic (exact) mass is 524 g/mol. The second-order valence-electron chi connectivity index (χ2n) is 5.92. The Labute approximate surface area is 183 Å². The molecule has 0 spiro atoms. The number of carbonyl (C=O) groups is 1. The minimum Gasteiger partial charge on any atom is -0.465 e. The number of nitrogens with two attached hydrogens (primary N) is 1. The Morgan fingerprint density at radius 1 is 1.35 bits per heavy atom. The number of hydrogen-bond acceptors (Lipinski definition) is 9. The van der Waals surface area contributed by atoms with E-state index in [-0.39, 0.29) is 23.0 Å². The zero-order valence-electron chi connectivity index (χ0n) is 16.1. The van der Waals surface area contributed by atoms with Gasteiger partial charge in [0.15, 0.2) is 9.84 Å². The molecule has 0 atom stereocenters. The summed E-state index contributed by atoms with van der Waals surface area (Å²) in [4.78, 5) is 19.3. The first-order chi connectivity index (χ1) is 14.3. The second-order valence-corrected chi connectivity index (χ2v) is 8.73. The molecule has 0 bridgehead atoms. The maximum Gasteiger partial charge on any atom is 0.431 e. The lowest BCUT2D eigenvalue weighted by atomic mass is 10.2. The maximum absolute atomic E-state index is 13.0. The molecule has 2 rings (SSSR count). The molecule has 0 aliphatic carbocycles. The lowest BCUT2D eigenvalue weighted by molar-refractivity contribution is -0.141. The van der Waals surface area contributed by atoms with Crippen LogP contribution in [-0.2, 0) is 19.4 Å². The Hall–Kier alpha value is -2.74. The van der Waals surface area contributed by atoms with Gasteiger partial charge in [-0.15, -0.1) is 0 Å². The Kier molecular flexibility index (Phi) is 7.59. The molecule has 14 heteroatoms. The van der Waals surface area contributed by atoms with Crippen LogP contribution in [-0.4, -0.2) is 55.8 Å². The average Bonchev–Trinajstić information content (AvgIpc) is 3.16. The van der Waals surface area contributed by atoms with Crippen LogP contribution in [0.15, 0.2) is 48.9 Å². The van der Waals surface area contributed by atoms with Crippen molar-refractivity contribution in [2.24, 2.45) is 10.7 Å².